The van der Waals surface area contributed by atoms with Gasteiger partial charge in [0.15, 0.2) is 0 Å². The molecule has 0 aliphatic heterocycles. The maximum Gasteiger partial charge on any atom is 0.500 e. The largest absolute Gasteiger partial charge is 0.500 e. The molecule has 4 nitrogen and oxygen atoms in total. The Morgan fingerprint density at radius 3 is 1.48 bits per heavy atom. The first-order valence-corrected chi connectivity index (χ1v) is 18.5. The van der Waals surface area contributed by atoms with Gasteiger partial charge in [0.2, 0.25) is 0 Å². The fourth-order valence-corrected chi connectivity index (χ4v) is 7.51. The predicted octanol–water partition coefficient (Wildman–Crippen LogP) is 10.7. The molecule has 0 aliphatic carbocycles. The molecule has 2 unspecified atom stereocenters. The summed E-state index contributed by atoms with van der Waals surface area (Å²) >= 11 is 0. The van der Waals surface area contributed by atoms with Gasteiger partial charge in [-0.05, 0) is 30.9 Å². The molecule has 6 heteroatoms. The van der Waals surface area contributed by atoms with Crippen LogP contribution in [0.15, 0.2) is 30.3 Å². The molecule has 0 aliphatic rings. The van der Waals surface area contributed by atoms with Crippen LogP contribution in [0.25, 0.3) is 0 Å². The van der Waals surface area contributed by atoms with Gasteiger partial charge in [0.05, 0.1) is 0 Å². The second-order valence-electron chi connectivity index (χ2n) is 11.7. The van der Waals surface area contributed by atoms with Crippen molar-refractivity contribution < 1.29 is 13.3 Å². The highest BCUT2D eigenvalue weighted by molar-refractivity contribution is 6.60. The lowest BCUT2D eigenvalue weighted by molar-refractivity contribution is 0.123. The Morgan fingerprint density at radius 1 is 0.625 bits per heavy atom. The summed E-state index contributed by atoms with van der Waals surface area (Å²) in [6.07, 6.45) is 26.5. The summed E-state index contributed by atoms with van der Waals surface area (Å²) in [5.41, 5.74) is 1.39. The average molecular weight is 600 g/mol. The first-order valence-electron chi connectivity index (χ1n) is 16.6. The topological polar surface area (TPSA) is 39.7 Å². The molecular formula is C34H66ClNO3Si. The van der Waals surface area contributed by atoms with Crippen LogP contribution in [0.4, 0.5) is 0 Å². The normalized spacial score (nSPS) is 13.2. The summed E-state index contributed by atoms with van der Waals surface area (Å²) in [5, 5.41) is 3.84. The first-order chi connectivity index (χ1) is 19.1. The number of unbranched alkanes of at least 4 members (excludes halogenated alkanes) is 16. The van der Waals surface area contributed by atoms with Crippen molar-refractivity contribution >= 4 is 21.2 Å². The van der Waals surface area contributed by atoms with Gasteiger partial charge >= 0.3 is 8.80 Å². The van der Waals surface area contributed by atoms with Crippen LogP contribution in [0, 0.1) is 5.92 Å². The van der Waals surface area contributed by atoms with Crippen LogP contribution in [-0.2, 0) is 13.3 Å². The van der Waals surface area contributed by atoms with Crippen molar-refractivity contribution in [2.45, 2.75) is 148 Å². The van der Waals surface area contributed by atoms with Crippen LogP contribution >= 0.6 is 12.4 Å². The van der Waals surface area contributed by atoms with E-state index < -0.39 is 8.80 Å². The zero-order valence-corrected chi connectivity index (χ0v) is 28.8. The lowest BCUT2D eigenvalue weighted by atomic mass is 9.89. The minimum Gasteiger partial charge on any atom is -0.377 e. The maximum absolute atomic E-state index is 5.59. The molecule has 0 spiro atoms. The van der Waals surface area contributed by atoms with Crippen molar-refractivity contribution in [3.8, 4) is 0 Å². The first kappa shape index (κ1) is 39.6. The molecule has 1 aromatic carbocycles. The second-order valence-corrected chi connectivity index (χ2v) is 14.8. The highest BCUT2D eigenvalue weighted by Crippen LogP contribution is 2.27. The van der Waals surface area contributed by atoms with Gasteiger partial charge in [-0.3, -0.25) is 0 Å². The molecule has 0 bridgehead atoms. The number of hydrogen-bond acceptors (Lipinski definition) is 4. The van der Waals surface area contributed by atoms with Crippen LogP contribution in [0.3, 0.4) is 0 Å². The summed E-state index contributed by atoms with van der Waals surface area (Å²) in [7, 11) is 2.59. The van der Waals surface area contributed by atoms with E-state index in [1.165, 1.54) is 121 Å². The molecule has 0 saturated heterocycles. The monoisotopic (exact) mass is 599 g/mol. The van der Waals surface area contributed by atoms with Crippen molar-refractivity contribution in [1.82, 2.24) is 5.32 Å². The van der Waals surface area contributed by atoms with Crippen LogP contribution in [0.5, 0.6) is 0 Å². The average Bonchev–Trinajstić information content (AvgIpc) is 2.97. The van der Waals surface area contributed by atoms with E-state index in [9.17, 15) is 0 Å². The molecule has 0 saturated carbocycles. The molecule has 0 heterocycles. The van der Waals surface area contributed by atoms with E-state index in [2.05, 4.69) is 49.5 Å². The lowest BCUT2D eigenvalue weighted by Crippen LogP contribution is -2.43. The fraction of sp³-hybridized carbons (Fsp3) is 0.824. The van der Waals surface area contributed by atoms with Gasteiger partial charge in [0, 0.05) is 33.4 Å². The van der Waals surface area contributed by atoms with Crippen molar-refractivity contribution in [1.29, 1.82) is 0 Å². The van der Waals surface area contributed by atoms with Crippen LogP contribution < -0.4 is 5.32 Å². The summed E-state index contributed by atoms with van der Waals surface area (Å²) in [6, 6.07) is 12.2. The Balaban J connectivity index is 0.0000152. The Hall–Kier alpha value is -0.433. The van der Waals surface area contributed by atoms with Crippen LogP contribution in [0.2, 0.25) is 6.04 Å². The molecular weight excluding hydrogens is 534 g/mol. The van der Waals surface area contributed by atoms with Gasteiger partial charge in [-0.25, -0.2) is 0 Å². The minimum atomic E-state index is -2.49. The SMILES string of the molecule is CCCCCCCCCCCCCCCCCCCC(C)C(NCCC[Si](OC)(OC)OC)c1ccccc1.Cl. The van der Waals surface area contributed by atoms with E-state index in [-0.39, 0.29) is 12.4 Å². The molecule has 0 aromatic heterocycles. The summed E-state index contributed by atoms with van der Waals surface area (Å²) in [4.78, 5) is 0. The highest BCUT2D eigenvalue weighted by Gasteiger charge is 2.36. The molecule has 1 N–H and O–H groups in total. The van der Waals surface area contributed by atoms with E-state index >= 15 is 0 Å². The number of nitrogens with one attached hydrogen (secondary N) is 1. The standard InChI is InChI=1S/C34H65NO3Si.ClH/c1-6-7-8-9-10-11-12-13-14-15-16-17-18-19-20-21-23-27-32(2)34(33-28-24-22-25-29-33)35-30-26-31-39(36-3,37-4)38-5;/h22,24-25,28-29,32,34-35H,6-21,23,26-27,30-31H2,1-5H3;1H. The van der Waals surface area contributed by atoms with E-state index in [4.69, 9.17) is 13.3 Å². The van der Waals surface area contributed by atoms with Crippen molar-refractivity contribution in [3.63, 3.8) is 0 Å². The third-order valence-corrected chi connectivity index (χ3v) is 11.3. The Bertz CT molecular complexity index is 639. The molecule has 1 aromatic rings. The van der Waals surface area contributed by atoms with E-state index in [0.29, 0.717) is 12.0 Å². The van der Waals surface area contributed by atoms with Crippen molar-refractivity contribution in [2.75, 3.05) is 27.9 Å². The van der Waals surface area contributed by atoms with Crippen LogP contribution in [-0.4, -0.2) is 36.7 Å². The number of hydrogen-bond donors (Lipinski definition) is 1. The molecule has 236 valence electrons. The van der Waals surface area contributed by atoms with Gasteiger partial charge in [-0.15, -0.1) is 12.4 Å². The second kappa shape index (κ2) is 27.4. The van der Waals surface area contributed by atoms with Gasteiger partial charge in [0.25, 0.3) is 0 Å². The molecule has 0 fully saturated rings. The zero-order valence-electron chi connectivity index (χ0n) is 27.0. The predicted molar refractivity (Wildman–Crippen MR) is 179 cm³/mol. The number of benzene rings is 1. The number of halogens is 1. The lowest BCUT2D eigenvalue weighted by Gasteiger charge is -2.27. The fourth-order valence-electron chi connectivity index (χ4n) is 5.78. The summed E-state index contributed by atoms with van der Waals surface area (Å²) < 4.78 is 16.8. The Morgan fingerprint density at radius 2 is 1.05 bits per heavy atom. The van der Waals surface area contributed by atoms with Crippen molar-refractivity contribution in [2.24, 2.45) is 5.92 Å². The Kier molecular flexibility index (Phi) is 27.1. The Labute approximate surface area is 256 Å². The van der Waals surface area contributed by atoms with Gasteiger partial charge in [-0.1, -0.05) is 153 Å². The quantitative estimate of drug-likeness (QED) is 0.0768. The number of rotatable bonds is 28. The van der Waals surface area contributed by atoms with E-state index in [0.717, 1.165) is 19.0 Å². The summed E-state index contributed by atoms with van der Waals surface area (Å²) in [6.45, 7) is 5.65. The maximum atomic E-state index is 5.59. The van der Waals surface area contributed by atoms with Gasteiger partial charge < -0.3 is 18.6 Å². The molecule has 40 heavy (non-hydrogen) atoms. The smallest absolute Gasteiger partial charge is 0.377 e. The van der Waals surface area contributed by atoms with E-state index in [1.807, 2.05) is 0 Å². The van der Waals surface area contributed by atoms with Crippen LogP contribution in [0.1, 0.15) is 147 Å². The van der Waals surface area contributed by atoms with Crippen molar-refractivity contribution in [3.05, 3.63) is 35.9 Å². The zero-order chi connectivity index (χ0) is 28.4. The highest BCUT2D eigenvalue weighted by atomic mass is 35.5. The third-order valence-electron chi connectivity index (χ3n) is 8.45. The summed E-state index contributed by atoms with van der Waals surface area (Å²) in [5.74, 6) is 0.609. The molecule has 0 amide bonds. The molecule has 1 rings (SSSR count). The third kappa shape index (κ3) is 18.9. The molecule has 2 atom stereocenters. The van der Waals surface area contributed by atoms with Gasteiger partial charge in [0.1, 0.15) is 0 Å². The minimum absolute atomic E-state index is 0. The van der Waals surface area contributed by atoms with E-state index in [1.54, 1.807) is 21.3 Å². The molecule has 0 radical (unpaired) electrons. The van der Waals surface area contributed by atoms with Gasteiger partial charge in [-0.2, -0.15) is 0 Å².